The molecule has 1 aliphatic rings. The summed E-state index contributed by atoms with van der Waals surface area (Å²) in [6, 6.07) is 17.2. The third-order valence-corrected chi connectivity index (χ3v) is 5.08. The van der Waals surface area contributed by atoms with Crippen molar-refractivity contribution in [3.63, 3.8) is 0 Å². The first-order valence-electron chi connectivity index (χ1n) is 8.70. The summed E-state index contributed by atoms with van der Waals surface area (Å²) < 4.78 is 16.5. The highest BCUT2D eigenvalue weighted by Gasteiger charge is 2.13. The standard InChI is InChI=1S/C21H19NO4S/c23-21(9-7-18-5-2-10-27-18)22-16-4-1-3-15(11-16)13-24-17-6-8-19-20(12-17)26-14-25-19/h1-6,8,10-12H,7,9,13-14H2,(H,22,23). The number of benzene rings is 2. The topological polar surface area (TPSA) is 56.8 Å². The summed E-state index contributed by atoms with van der Waals surface area (Å²) in [5, 5.41) is 4.98. The zero-order valence-electron chi connectivity index (χ0n) is 14.6. The van der Waals surface area contributed by atoms with Crippen molar-refractivity contribution in [1.82, 2.24) is 0 Å². The molecular formula is C21H19NO4S. The molecule has 5 nitrogen and oxygen atoms in total. The van der Waals surface area contributed by atoms with Gasteiger partial charge >= 0.3 is 0 Å². The van der Waals surface area contributed by atoms with Crippen LogP contribution in [0.3, 0.4) is 0 Å². The van der Waals surface area contributed by atoms with Crippen LogP contribution in [0, 0.1) is 0 Å². The zero-order chi connectivity index (χ0) is 18.5. The van der Waals surface area contributed by atoms with Gasteiger partial charge in [0, 0.05) is 23.1 Å². The first-order valence-corrected chi connectivity index (χ1v) is 9.58. The molecule has 1 amide bonds. The fourth-order valence-electron chi connectivity index (χ4n) is 2.79. The molecule has 0 atom stereocenters. The number of nitrogens with one attached hydrogen (secondary N) is 1. The van der Waals surface area contributed by atoms with Gasteiger partial charge in [-0.2, -0.15) is 0 Å². The highest BCUT2D eigenvalue weighted by molar-refractivity contribution is 7.09. The molecule has 27 heavy (non-hydrogen) atoms. The van der Waals surface area contributed by atoms with Crippen molar-refractivity contribution in [2.45, 2.75) is 19.4 Å². The molecule has 1 aliphatic heterocycles. The average Bonchev–Trinajstić information content (AvgIpc) is 3.36. The Bertz CT molecular complexity index is 924. The van der Waals surface area contributed by atoms with Crippen molar-refractivity contribution in [1.29, 1.82) is 0 Å². The minimum absolute atomic E-state index is 0.0113. The molecule has 3 aromatic rings. The molecule has 0 aliphatic carbocycles. The average molecular weight is 381 g/mol. The molecule has 0 radical (unpaired) electrons. The van der Waals surface area contributed by atoms with Gasteiger partial charge in [0.05, 0.1) is 0 Å². The van der Waals surface area contributed by atoms with Crippen molar-refractivity contribution < 1.29 is 19.0 Å². The lowest BCUT2D eigenvalue weighted by atomic mass is 10.2. The van der Waals surface area contributed by atoms with Crippen molar-refractivity contribution in [2.24, 2.45) is 0 Å². The van der Waals surface area contributed by atoms with Gasteiger partial charge in [-0.05, 0) is 47.7 Å². The number of hydrogen-bond acceptors (Lipinski definition) is 5. The van der Waals surface area contributed by atoms with Gasteiger partial charge in [0.25, 0.3) is 0 Å². The molecule has 0 bridgehead atoms. The van der Waals surface area contributed by atoms with E-state index in [1.165, 1.54) is 4.88 Å². The van der Waals surface area contributed by atoms with Crippen LogP contribution in [-0.2, 0) is 17.8 Å². The largest absolute Gasteiger partial charge is 0.489 e. The van der Waals surface area contributed by atoms with E-state index in [1.54, 1.807) is 11.3 Å². The highest BCUT2D eigenvalue weighted by Crippen LogP contribution is 2.35. The zero-order valence-corrected chi connectivity index (χ0v) is 15.5. The van der Waals surface area contributed by atoms with Gasteiger partial charge < -0.3 is 19.5 Å². The second-order valence-corrected chi connectivity index (χ2v) is 7.16. The van der Waals surface area contributed by atoms with Gasteiger partial charge in [0.1, 0.15) is 12.4 Å². The Labute approximate surface area is 161 Å². The van der Waals surface area contributed by atoms with Crippen LogP contribution in [0.25, 0.3) is 0 Å². The maximum absolute atomic E-state index is 12.1. The second kappa shape index (κ2) is 8.14. The highest BCUT2D eigenvalue weighted by atomic mass is 32.1. The number of amides is 1. The molecular weight excluding hydrogens is 362 g/mol. The van der Waals surface area contributed by atoms with E-state index in [0.29, 0.717) is 24.5 Å². The minimum atomic E-state index is 0.0113. The van der Waals surface area contributed by atoms with Crippen LogP contribution >= 0.6 is 11.3 Å². The second-order valence-electron chi connectivity index (χ2n) is 6.13. The van der Waals surface area contributed by atoms with E-state index in [1.807, 2.05) is 60.0 Å². The van der Waals surface area contributed by atoms with E-state index in [4.69, 9.17) is 14.2 Å². The number of aryl methyl sites for hydroxylation is 1. The Morgan fingerprint density at radius 2 is 2.00 bits per heavy atom. The molecule has 4 rings (SSSR count). The molecule has 1 aromatic heterocycles. The number of carbonyl (C=O) groups is 1. The van der Waals surface area contributed by atoms with Gasteiger partial charge in [-0.3, -0.25) is 4.79 Å². The van der Waals surface area contributed by atoms with E-state index >= 15 is 0 Å². The van der Waals surface area contributed by atoms with E-state index in [2.05, 4.69) is 5.32 Å². The van der Waals surface area contributed by atoms with Crippen molar-refractivity contribution in [2.75, 3.05) is 12.1 Å². The van der Waals surface area contributed by atoms with E-state index in [9.17, 15) is 4.79 Å². The van der Waals surface area contributed by atoms with Gasteiger partial charge in [-0.1, -0.05) is 18.2 Å². The lowest BCUT2D eigenvalue weighted by Gasteiger charge is -2.09. The Morgan fingerprint density at radius 3 is 2.89 bits per heavy atom. The fourth-order valence-corrected chi connectivity index (χ4v) is 3.50. The first kappa shape index (κ1) is 17.4. The lowest BCUT2D eigenvalue weighted by Crippen LogP contribution is -2.12. The summed E-state index contributed by atoms with van der Waals surface area (Å²) in [6.45, 7) is 0.644. The van der Waals surface area contributed by atoms with E-state index in [0.717, 1.165) is 23.4 Å². The number of carbonyl (C=O) groups excluding carboxylic acids is 1. The van der Waals surface area contributed by atoms with Gasteiger partial charge in [-0.25, -0.2) is 0 Å². The molecule has 6 heteroatoms. The van der Waals surface area contributed by atoms with Crippen LogP contribution < -0.4 is 19.5 Å². The summed E-state index contributed by atoms with van der Waals surface area (Å²) in [7, 11) is 0. The Kier molecular flexibility index (Phi) is 5.25. The van der Waals surface area contributed by atoms with Crippen LogP contribution in [0.2, 0.25) is 0 Å². The molecule has 0 spiro atoms. The van der Waals surface area contributed by atoms with Gasteiger partial charge in [0.15, 0.2) is 11.5 Å². The molecule has 0 saturated carbocycles. The van der Waals surface area contributed by atoms with Crippen LogP contribution in [-0.4, -0.2) is 12.7 Å². The minimum Gasteiger partial charge on any atom is -0.489 e. The number of rotatable bonds is 7. The van der Waals surface area contributed by atoms with Gasteiger partial charge in [0.2, 0.25) is 12.7 Å². The SMILES string of the molecule is O=C(CCc1cccs1)Nc1cccc(COc2ccc3c(c2)OCO3)c1. The van der Waals surface area contributed by atoms with Crippen molar-refractivity contribution in [3.05, 3.63) is 70.4 Å². The normalized spacial score (nSPS) is 12.0. The number of ether oxygens (including phenoxy) is 3. The molecule has 0 unspecified atom stereocenters. The maximum atomic E-state index is 12.1. The fraction of sp³-hybridized carbons (Fsp3) is 0.190. The summed E-state index contributed by atoms with van der Waals surface area (Å²) >= 11 is 1.67. The summed E-state index contributed by atoms with van der Waals surface area (Å²) in [6.07, 6.45) is 1.23. The van der Waals surface area contributed by atoms with Crippen molar-refractivity contribution in [3.8, 4) is 17.2 Å². The summed E-state index contributed by atoms with van der Waals surface area (Å²) in [5.74, 6) is 2.15. The predicted molar refractivity (Wildman–Crippen MR) is 105 cm³/mol. The molecule has 2 heterocycles. The molecule has 0 fully saturated rings. The third-order valence-electron chi connectivity index (χ3n) is 4.14. The molecule has 2 aromatic carbocycles. The maximum Gasteiger partial charge on any atom is 0.231 e. The monoisotopic (exact) mass is 381 g/mol. The lowest BCUT2D eigenvalue weighted by molar-refractivity contribution is -0.116. The van der Waals surface area contributed by atoms with E-state index < -0.39 is 0 Å². The molecule has 0 saturated heterocycles. The van der Waals surface area contributed by atoms with Crippen LogP contribution in [0.4, 0.5) is 5.69 Å². The summed E-state index contributed by atoms with van der Waals surface area (Å²) in [5.41, 5.74) is 1.75. The number of fused-ring (bicyclic) bond motifs is 1. The van der Waals surface area contributed by atoms with E-state index in [-0.39, 0.29) is 12.7 Å². The van der Waals surface area contributed by atoms with Crippen LogP contribution in [0.5, 0.6) is 17.2 Å². The number of anilines is 1. The molecule has 138 valence electrons. The Balaban J connectivity index is 1.31. The summed E-state index contributed by atoms with van der Waals surface area (Å²) in [4.78, 5) is 13.4. The van der Waals surface area contributed by atoms with Gasteiger partial charge in [-0.15, -0.1) is 11.3 Å². The quantitative estimate of drug-likeness (QED) is 0.648. The Hall–Kier alpha value is -2.99. The Morgan fingerprint density at radius 1 is 1.07 bits per heavy atom. The third kappa shape index (κ3) is 4.60. The number of thiophene rings is 1. The van der Waals surface area contributed by atoms with Crippen molar-refractivity contribution >= 4 is 22.9 Å². The van der Waals surface area contributed by atoms with Crippen LogP contribution in [0.15, 0.2) is 60.0 Å². The molecule has 1 N–H and O–H groups in total. The van der Waals surface area contributed by atoms with Crippen LogP contribution in [0.1, 0.15) is 16.9 Å². The first-order chi connectivity index (χ1) is 13.3. The number of hydrogen-bond donors (Lipinski definition) is 1. The predicted octanol–water partition coefficient (Wildman–Crippen LogP) is 4.63. The smallest absolute Gasteiger partial charge is 0.231 e.